The summed E-state index contributed by atoms with van der Waals surface area (Å²) in [5.41, 5.74) is 1.16. The van der Waals surface area contributed by atoms with E-state index < -0.39 is 0 Å². The molecule has 0 bridgehead atoms. The van der Waals surface area contributed by atoms with E-state index in [-0.39, 0.29) is 0 Å². The predicted octanol–water partition coefficient (Wildman–Crippen LogP) is 4.51. The fraction of sp³-hybridized carbons (Fsp3) is 0.727. The van der Waals surface area contributed by atoms with Crippen molar-refractivity contribution in [1.29, 1.82) is 0 Å². The predicted molar refractivity (Wildman–Crippen MR) is 66.3 cm³/mol. The SMILES string of the molecule is CCCCCCCSc1nc(C)cs1. The molecule has 0 saturated heterocycles. The van der Waals surface area contributed by atoms with Crippen molar-refractivity contribution in [1.82, 2.24) is 4.98 Å². The second-order valence-corrected chi connectivity index (χ2v) is 5.72. The fourth-order valence-electron chi connectivity index (χ4n) is 1.26. The van der Waals surface area contributed by atoms with Gasteiger partial charge in [-0.2, -0.15) is 0 Å². The Morgan fingerprint density at radius 2 is 2.07 bits per heavy atom. The summed E-state index contributed by atoms with van der Waals surface area (Å²) in [4.78, 5) is 4.43. The van der Waals surface area contributed by atoms with Crippen molar-refractivity contribution in [2.24, 2.45) is 0 Å². The molecular formula is C11H19NS2. The Hall–Kier alpha value is -0.0200. The zero-order chi connectivity index (χ0) is 10.2. The van der Waals surface area contributed by atoms with Crippen LogP contribution >= 0.6 is 23.1 Å². The molecule has 1 nitrogen and oxygen atoms in total. The molecule has 0 saturated carbocycles. The van der Waals surface area contributed by atoms with E-state index >= 15 is 0 Å². The molecule has 3 heteroatoms. The molecule has 0 fully saturated rings. The van der Waals surface area contributed by atoms with Gasteiger partial charge in [-0.05, 0) is 13.3 Å². The number of thioether (sulfide) groups is 1. The Morgan fingerprint density at radius 3 is 2.71 bits per heavy atom. The summed E-state index contributed by atoms with van der Waals surface area (Å²) < 4.78 is 1.23. The number of hydrogen-bond donors (Lipinski definition) is 0. The van der Waals surface area contributed by atoms with Crippen LogP contribution in [0.2, 0.25) is 0 Å². The Bertz CT molecular complexity index is 245. The Kier molecular flexibility index (Phi) is 6.28. The van der Waals surface area contributed by atoms with E-state index in [0.29, 0.717) is 0 Å². The number of rotatable bonds is 7. The molecule has 14 heavy (non-hydrogen) atoms. The average Bonchev–Trinajstić information content (AvgIpc) is 2.58. The maximum atomic E-state index is 4.43. The van der Waals surface area contributed by atoms with E-state index in [9.17, 15) is 0 Å². The van der Waals surface area contributed by atoms with Crippen molar-refractivity contribution in [2.75, 3.05) is 5.75 Å². The lowest BCUT2D eigenvalue weighted by Gasteiger charge is -1.98. The van der Waals surface area contributed by atoms with Crippen molar-refractivity contribution in [3.05, 3.63) is 11.1 Å². The first kappa shape index (κ1) is 12.1. The lowest BCUT2D eigenvalue weighted by molar-refractivity contribution is 0.659. The highest BCUT2D eigenvalue weighted by molar-refractivity contribution is 8.00. The summed E-state index contributed by atoms with van der Waals surface area (Å²) in [6.07, 6.45) is 6.84. The summed E-state index contributed by atoms with van der Waals surface area (Å²) in [6, 6.07) is 0. The second-order valence-electron chi connectivity index (χ2n) is 3.52. The minimum absolute atomic E-state index is 1.16. The number of thiazole rings is 1. The lowest BCUT2D eigenvalue weighted by atomic mass is 10.2. The molecule has 0 aliphatic rings. The van der Waals surface area contributed by atoms with Gasteiger partial charge in [-0.25, -0.2) is 4.98 Å². The van der Waals surface area contributed by atoms with Crippen molar-refractivity contribution >= 4 is 23.1 Å². The minimum Gasteiger partial charge on any atom is -0.235 e. The highest BCUT2D eigenvalue weighted by Crippen LogP contribution is 2.23. The molecule has 80 valence electrons. The molecular weight excluding hydrogens is 210 g/mol. The normalized spacial score (nSPS) is 10.7. The fourth-order valence-corrected chi connectivity index (χ4v) is 3.18. The molecule has 0 aromatic carbocycles. The van der Waals surface area contributed by atoms with E-state index in [1.807, 2.05) is 11.8 Å². The van der Waals surface area contributed by atoms with Crippen LogP contribution in [0.15, 0.2) is 9.72 Å². The van der Waals surface area contributed by atoms with Gasteiger partial charge < -0.3 is 0 Å². The molecule has 1 aromatic heterocycles. The molecule has 0 aliphatic carbocycles. The van der Waals surface area contributed by atoms with E-state index in [2.05, 4.69) is 24.2 Å². The van der Waals surface area contributed by atoms with Crippen LogP contribution in [-0.4, -0.2) is 10.7 Å². The van der Waals surface area contributed by atoms with Gasteiger partial charge in [0.1, 0.15) is 4.34 Å². The third-order valence-electron chi connectivity index (χ3n) is 2.07. The molecule has 1 aromatic rings. The van der Waals surface area contributed by atoms with Crippen molar-refractivity contribution in [3.8, 4) is 0 Å². The Morgan fingerprint density at radius 1 is 1.29 bits per heavy atom. The summed E-state index contributed by atoms with van der Waals surface area (Å²) in [5.74, 6) is 1.23. The topological polar surface area (TPSA) is 12.9 Å². The largest absolute Gasteiger partial charge is 0.235 e. The first-order chi connectivity index (χ1) is 6.83. The van der Waals surface area contributed by atoms with E-state index in [1.54, 1.807) is 11.3 Å². The maximum Gasteiger partial charge on any atom is 0.150 e. The van der Waals surface area contributed by atoms with Crippen LogP contribution in [-0.2, 0) is 0 Å². The number of aryl methyl sites for hydroxylation is 1. The molecule has 0 aliphatic heterocycles. The monoisotopic (exact) mass is 229 g/mol. The molecule has 0 spiro atoms. The van der Waals surface area contributed by atoms with Crippen LogP contribution in [0.3, 0.4) is 0 Å². The highest BCUT2D eigenvalue weighted by atomic mass is 32.2. The van der Waals surface area contributed by atoms with Gasteiger partial charge in [0, 0.05) is 16.8 Å². The van der Waals surface area contributed by atoms with Gasteiger partial charge in [-0.15, -0.1) is 11.3 Å². The van der Waals surface area contributed by atoms with Gasteiger partial charge in [0.2, 0.25) is 0 Å². The quantitative estimate of drug-likeness (QED) is 0.504. The van der Waals surface area contributed by atoms with Crippen LogP contribution in [0.25, 0.3) is 0 Å². The van der Waals surface area contributed by atoms with Crippen LogP contribution < -0.4 is 0 Å². The highest BCUT2D eigenvalue weighted by Gasteiger charge is 1.98. The number of nitrogens with zero attached hydrogens (tertiary/aromatic N) is 1. The first-order valence-electron chi connectivity index (χ1n) is 5.38. The molecule has 0 amide bonds. The third kappa shape index (κ3) is 5.01. The molecule has 0 N–H and O–H groups in total. The lowest BCUT2D eigenvalue weighted by Crippen LogP contribution is -1.81. The minimum atomic E-state index is 1.16. The zero-order valence-corrected chi connectivity index (χ0v) is 10.7. The van der Waals surface area contributed by atoms with Crippen LogP contribution in [0, 0.1) is 6.92 Å². The smallest absolute Gasteiger partial charge is 0.150 e. The van der Waals surface area contributed by atoms with Crippen LogP contribution in [0.1, 0.15) is 44.7 Å². The van der Waals surface area contributed by atoms with Gasteiger partial charge in [0.05, 0.1) is 0 Å². The van der Waals surface area contributed by atoms with Crippen LogP contribution in [0.4, 0.5) is 0 Å². The second kappa shape index (κ2) is 7.30. The summed E-state index contributed by atoms with van der Waals surface area (Å²) in [7, 11) is 0. The van der Waals surface area contributed by atoms with Gasteiger partial charge >= 0.3 is 0 Å². The van der Waals surface area contributed by atoms with E-state index in [0.717, 1.165) is 5.69 Å². The first-order valence-corrected chi connectivity index (χ1v) is 7.24. The Balaban J connectivity index is 1.99. The van der Waals surface area contributed by atoms with Crippen molar-refractivity contribution in [2.45, 2.75) is 50.3 Å². The average molecular weight is 229 g/mol. The standard InChI is InChI=1S/C11H19NS2/c1-3-4-5-6-7-8-13-11-12-10(2)9-14-11/h9H,3-8H2,1-2H3. The van der Waals surface area contributed by atoms with Crippen molar-refractivity contribution < 1.29 is 0 Å². The van der Waals surface area contributed by atoms with Crippen molar-refractivity contribution in [3.63, 3.8) is 0 Å². The molecule has 0 atom stereocenters. The summed E-state index contributed by atoms with van der Waals surface area (Å²) >= 11 is 3.68. The van der Waals surface area contributed by atoms with Gasteiger partial charge in [0.25, 0.3) is 0 Å². The number of unbranched alkanes of at least 4 members (excludes halogenated alkanes) is 4. The molecule has 0 radical (unpaired) electrons. The summed E-state index contributed by atoms with van der Waals surface area (Å²) in [5, 5.41) is 2.12. The van der Waals surface area contributed by atoms with Crippen LogP contribution in [0.5, 0.6) is 0 Å². The molecule has 0 unspecified atom stereocenters. The van der Waals surface area contributed by atoms with Gasteiger partial charge in [-0.1, -0.05) is 44.4 Å². The maximum absolute atomic E-state index is 4.43. The summed E-state index contributed by atoms with van der Waals surface area (Å²) in [6.45, 7) is 4.31. The van der Waals surface area contributed by atoms with E-state index in [4.69, 9.17) is 0 Å². The molecule has 1 rings (SSSR count). The van der Waals surface area contributed by atoms with Gasteiger partial charge in [-0.3, -0.25) is 0 Å². The Labute approximate surface area is 95.3 Å². The third-order valence-corrected chi connectivity index (χ3v) is 4.30. The van der Waals surface area contributed by atoms with E-state index in [1.165, 1.54) is 42.2 Å². The number of aromatic nitrogens is 1. The van der Waals surface area contributed by atoms with Gasteiger partial charge in [0.15, 0.2) is 0 Å². The number of hydrogen-bond acceptors (Lipinski definition) is 3. The zero-order valence-electron chi connectivity index (χ0n) is 9.08. The molecule has 1 heterocycles.